The van der Waals surface area contributed by atoms with E-state index in [1.807, 2.05) is 0 Å². The van der Waals surface area contributed by atoms with Gasteiger partial charge in [0.15, 0.2) is 0 Å². The van der Waals surface area contributed by atoms with Gasteiger partial charge in [0.05, 0.1) is 13.1 Å². The summed E-state index contributed by atoms with van der Waals surface area (Å²) < 4.78 is 3.99. The molecular formula is C4H5KO4. The van der Waals surface area contributed by atoms with Crippen molar-refractivity contribution in [1.82, 2.24) is 0 Å². The average molecular weight is 156 g/mol. The van der Waals surface area contributed by atoms with Crippen molar-refractivity contribution in [2.75, 3.05) is 7.11 Å². The molecule has 46 valence electrons. The zero-order chi connectivity index (χ0) is 6.57. The van der Waals surface area contributed by atoms with Gasteiger partial charge < -0.3 is 14.9 Å². The van der Waals surface area contributed by atoms with Gasteiger partial charge >= 0.3 is 57.4 Å². The number of rotatable bonds is 1. The molecule has 0 radical (unpaired) electrons. The zero-order valence-corrected chi connectivity index (χ0v) is 8.37. The second-order valence-corrected chi connectivity index (χ2v) is 1.01. The Morgan fingerprint density at radius 1 is 1.78 bits per heavy atom. The number of ether oxygens (including phenoxy) is 1. The number of aliphatic hydroxyl groups excluding tert-OH is 1. The summed E-state index contributed by atoms with van der Waals surface area (Å²) in [6, 6.07) is 0. The first-order chi connectivity index (χ1) is 3.66. The maximum Gasteiger partial charge on any atom is 1.00 e. The Hall–Kier alpha value is 0.446. The van der Waals surface area contributed by atoms with E-state index >= 15 is 0 Å². The molecule has 0 aromatic carbocycles. The van der Waals surface area contributed by atoms with Gasteiger partial charge in [0.1, 0.15) is 0 Å². The summed E-state index contributed by atoms with van der Waals surface area (Å²) >= 11 is 0. The summed E-state index contributed by atoms with van der Waals surface area (Å²) in [7, 11) is 1.11. The second kappa shape index (κ2) is 6.56. The van der Waals surface area contributed by atoms with E-state index in [9.17, 15) is 9.90 Å². The minimum Gasteiger partial charge on any atom is -0.629 e. The van der Waals surface area contributed by atoms with Gasteiger partial charge in [-0.2, -0.15) is 0 Å². The van der Waals surface area contributed by atoms with Crippen LogP contribution in [0.3, 0.4) is 0 Å². The Labute approximate surface area is 94.9 Å². The van der Waals surface area contributed by atoms with Crippen molar-refractivity contribution < 1.29 is 71.1 Å². The molecule has 4 nitrogen and oxygen atoms in total. The van der Waals surface area contributed by atoms with Crippen LogP contribution < -0.4 is 56.5 Å². The van der Waals surface area contributed by atoms with Crippen LogP contribution in [-0.4, -0.2) is 18.2 Å². The van der Waals surface area contributed by atoms with Crippen molar-refractivity contribution in [3.05, 3.63) is 12.0 Å². The molecule has 9 heavy (non-hydrogen) atoms. The Balaban J connectivity index is 0. The number of hydrogen-bond donors (Lipinski definition) is 1. The summed E-state index contributed by atoms with van der Waals surface area (Å²) in [6.45, 7) is 0. The SMILES string of the molecule is COC(=O)/C=C(/[O-])O.[K+]. The molecule has 0 rings (SSSR count). The minimum atomic E-state index is -1.29. The average Bonchev–Trinajstić information content (AvgIpc) is 1.65. The molecule has 0 aliphatic carbocycles. The molecular weight excluding hydrogens is 151 g/mol. The molecule has 0 amide bonds. The summed E-state index contributed by atoms with van der Waals surface area (Å²) in [5, 5.41) is 17.5. The van der Waals surface area contributed by atoms with Gasteiger partial charge in [0.25, 0.3) is 0 Å². The maximum absolute atomic E-state index is 9.96. The van der Waals surface area contributed by atoms with Crippen LogP contribution in [0, 0.1) is 0 Å². The van der Waals surface area contributed by atoms with Crippen LogP contribution in [0.4, 0.5) is 0 Å². The van der Waals surface area contributed by atoms with E-state index in [1.165, 1.54) is 0 Å². The quantitative estimate of drug-likeness (QED) is 0.181. The van der Waals surface area contributed by atoms with Crippen molar-refractivity contribution in [2.45, 2.75) is 0 Å². The molecule has 0 atom stereocenters. The fourth-order valence-corrected chi connectivity index (χ4v) is 0.160. The normalized spacial score (nSPS) is 9.67. The van der Waals surface area contributed by atoms with Crippen molar-refractivity contribution in [3.8, 4) is 0 Å². The molecule has 0 aliphatic heterocycles. The van der Waals surface area contributed by atoms with Gasteiger partial charge in [0.2, 0.25) is 0 Å². The van der Waals surface area contributed by atoms with Gasteiger partial charge in [0, 0.05) is 6.08 Å². The Morgan fingerprint density at radius 2 is 2.22 bits per heavy atom. The van der Waals surface area contributed by atoms with Gasteiger partial charge in [-0.05, 0) is 0 Å². The summed E-state index contributed by atoms with van der Waals surface area (Å²) in [5.74, 6) is -2.14. The van der Waals surface area contributed by atoms with Crippen molar-refractivity contribution in [3.63, 3.8) is 0 Å². The van der Waals surface area contributed by atoms with Gasteiger partial charge in [-0.3, -0.25) is 0 Å². The van der Waals surface area contributed by atoms with Crippen molar-refractivity contribution in [2.24, 2.45) is 0 Å². The standard InChI is InChI=1S/C4H6O4.K/c1-8-4(7)2-3(5)6;/h2,5-6H,1H3;/q;+1/p-1. The number of methoxy groups -OCH3 is 1. The van der Waals surface area contributed by atoms with E-state index in [0.717, 1.165) is 7.11 Å². The first-order valence-electron chi connectivity index (χ1n) is 1.82. The summed E-state index contributed by atoms with van der Waals surface area (Å²) in [6.07, 6.45) is 0.444. The first-order valence-corrected chi connectivity index (χ1v) is 1.82. The molecule has 0 fully saturated rings. The molecule has 0 saturated heterocycles. The van der Waals surface area contributed by atoms with E-state index in [2.05, 4.69) is 4.74 Å². The number of hydrogen-bond acceptors (Lipinski definition) is 4. The Morgan fingerprint density at radius 3 is 2.33 bits per heavy atom. The number of esters is 1. The maximum atomic E-state index is 9.96. The van der Waals surface area contributed by atoms with E-state index in [4.69, 9.17) is 5.11 Å². The minimum absolute atomic E-state index is 0. The molecule has 1 N–H and O–H groups in total. The fraction of sp³-hybridized carbons (Fsp3) is 0.250. The third-order valence-corrected chi connectivity index (χ3v) is 0.443. The molecule has 0 spiro atoms. The Bertz CT molecular complexity index is 116. The van der Waals surface area contributed by atoms with Crippen LogP contribution in [0.25, 0.3) is 0 Å². The van der Waals surface area contributed by atoms with Crippen LogP contribution in [0.5, 0.6) is 0 Å². The topological polar surface area (TPSA) is 69.6 Å². The van der Waals surface area contributed by atoms with Crippen LogP contribution in [-0.2, 0) is 9.53 Å². The molecule has 5 heteroatoms. The molecule has 0 aliphatic rings. The first kappa shape index (κ1) is 12.2. The third kappa shape index (κ3) is 8.45. The van der Waals surface area contributed by atoms with Crippen LogP contribution in [0.1, 0.15) is 0 Å². The van der Waals surface area contributed by atoms with E-state index < -0.39 is 11.9 Å². The fourth-order valence-electron chi connectivity index (χ4n) is 0.160. The zero-order valence-electron chi connectivity index (χ0n) is 5.25. The molecule has 0 aromatic heterocycles. The third-order valence-electron chi connectivity index (χ3n) is 0.443. The number of aliphatic hydroxyl groups is 1. The van der Waals surface area contributed by atoms with Crippen LogP contribution in [0.2, 0.25) is 0 Å². The van der Waals surface area contributed by atoms with Crippen LogP contribution >= 0.6 is 0 Å². The van der Waals surface area contributed by atoms with Gasteiger partial charge in [-0.15, -0.1) is 0 Å². The van der Waals surface area contributed by atoms with E-state index in [1.54, 1.807) is 0 Å². The molecule has 0 aromatic rings. The van der Waals surface area contributed by atoms with Crippen molar-refractivity contribution in [1.29, 1.82) is 0 Å². The van der Waals surface area contributed by atoms with Crippen molar-refractivity contribution >= 4 is 5.97 Å². The van der Waals surface area contributed by atoms with Gasteiger partial charge in [-0.25, -0.2) is 4.79 Å². The molecule has 0 unspecified atom stereocenters. The summed E-state index contributed by atoms with van der Waals surface area (Å²) in [4.78, 5) is 9.96. The predicted octanol–water partition coefficient (Wildman–Crippen LogP) is -4.08. The second-order valence-electron chi connectivity index (χ2n) is 1.01. The molecule has 0 saturated carbocycles. The predicted molar refractivity (Wildman–Crippen MR) is 22.7 cm³/mol. The van der Waals surface area contributed by atoms with E-state index in [-0.39, 0.29) is 51.4 Å². The van der Waals surface area contributed by atoms with E-state index in [0.29, 0.717) is 6.08 Å². The van der Waals surface area contributed by atoms with Gasteiger partial charge in [-0.1, -0.05) is 0 Å². The van der Waals surface area contributed by atoms with Crippen LogP contribution in [0.15, 0.2) is 12.0 Å². The largest absolute Gasteiger partial charge is 1.00 e. The Kier molecular flexibility index (Phi) is 8.87. The smallest absolute Gasteiger partial charge is 0.629 e. The number of carbonyl (C=O) groups is 1. The molecule has 0 bridgehead atoms. The number of carbonyl (C=O) groups excluding carboxylic acids is 1. The monoisotopic (exact) mass is 156 g/mol. The molecule has 0 heterocycles. The summed E-state index contributed by atoms with van der Waals surface area (Å²) in [5.41, 5.74) is 0.